The maximum absolute atomic E-state index is 15.4. The fourth-order valence-electron chi connectivity index (χ4n) is 3.03. The van der Waals surface area contributed by atoms with Crippen molar-refractivity contribution < 1.29 is 19.1 Å². The van der Waals surface area contributed by atoms with Crippen molar-refractivity contribution in [3.05, 3.63) is 51.5 Å². The van der Waals surface area contributed by atoms with Crippen LogP contribution in [-0.2, 0) is 11.4 Å². The lowest BCUT2D eigenvalue weighted by atomic mass is 10.1. The number of benzene rings is 2. The van der Waals surface area contributed by atoms with Crippen LogP contribution in [0.4, 0.5) is 15.8 Å². The van der Waals surface area contributed by atoms with Gasteiger partial charge in [0.1, 0.15) is 5.52 Å². The highest BCUT2D eigenvalue weighted by atomic mass is 79.9. The van der Waals surface area contributed by atoms with Crippen molar-refractivity contribution in [1.82, 2.24) is 15.0 Å². The van der Waals surface area contributed by atoms with Crippen LogP contribution < -0.4 is 10.8 Å². The van der Waals surface area contributed by atoms with Gasteiger partial charge in [-0.1, -0.05) is 27.5 Å². The van der Waals surface area contributed by atoms with E-state index in [9.17, 15) is 9.90 Å². The topological polar surface area (TPSA) is 88.4 Å². The molecule has 0 unspecified atom stereocenters. The van der Waals surface area contributed by atoms with Gasteiger partial charge >= 0.3 is 0 Å². The minimum absolute atomic E-state index is 0.0365. The molecular weight excluding hydrogens is 479 g/mol. The van der Waals surface area contributed by atoms with Crippen LogP contribution >= 0.6 is 27.5 Å². The molecule has 1 amide bonds. The molecule has 1 aliphatic carbocycles. The maximum Gasteiger partial charge on any atom is 0.277 e. The first-order valence-corrected chi connectivity index (χ1v) is 10.6. The van der Waals surface area contributed by atoms with E-state index < -0.39 is 11.7 Å². The molecule has 1 heterocycles. The van der Waals surface area contributed by atoms with Crippen molar-refractivity contribution in [3.8, 4) is 0 Å². The van der Waals surface area contributed by atoms with Crippen molar-refractivity contribution in [2.24, 2.45) is 5.92 Å². The third-order valence-corrected chi connectivity index (χ3v) is 5.62. The Balaban J connectivity index is 1.74. The van der Waals surface area contributed by atoms with Crippen molar-refractivity contribution in [2.45, 2.75) is 19.4 Å². The SMILES string of the molecule is O=C(NOCC1CC1)c1cc2c(ncn2CCO)c(F)c1Nc1ccc(Br)cc1Cl. The van der Waals surface area contributed by atoms with Gasteiger partial charge in [-0.25, -0.2) is 14.9 Å². The molecule has 7 nitrogen and oxygen atoms in total. The van der Waals surface area contributed by atoms with Crippen molar-refractivity contribution in [3.63, 3.8) is 0 Å². The van der Waals surface area contributed by atoms with E-state index in [0.717, 1.165) is 17.3 Å². The summed E-state index contributed by atoms with van der Waals surface area (Å²) in [6.45, 7) is 0.494. The van der Waals surface area contributed by atoms with Gasteiger partial charge in [0.2, 0.25) is 0 Å². The average molecular weight is 498 g/mol. The van der Waals surface area contributed by atoms with Crippen LogP contribution in [0.3, 0.4) is 0 Å². The predicted octanol–water partition coefficient (Wildman–Crippen LogP) is 4.40. The average Bonchev–Trinajstić information content (AvgIpc) is 3.45. The number of hydrogen-bond donors (Lipinski definition) is 3. The fraction of sp³-hybridized carbons (Fsp3) is 0.300. The summed E-state index contributed by atoms with van der Waals surface area (Å²) in [5, 5.41) is 12.5. The van der Waals surface area contributed by atoms with Crippen molar-refractivity contribution in [1.29, 1.82) is 0 Å². The number of hydroxylamine groups is 1. The first kappa shape index (κ1) is 21.0. The normalized spacial score (nSPS) is 13.6. The first-order chi connectivity index (χ1) is 14.5. The van der Waals surface area contributed by atoms with Crippen LogP contribution in [0.1, 0.15) is 23.2 Å². The molecule has 0 atom stereocenters. The summed E-state index contributed by atoms with van der Waals surface area (Å²) in [7, 11) is 0. The van der Waals surface area contributed by atoms with Crippen molar-refractivity contribution >= 4 is 55.8 Å². The Bertz CT molecular complexity index is 1100. The summed E-state index contributed by atoms with van der Waals surface area (Å²) in [6, 6.07) is 6.60. The van der Waals surface area contributed by atoms with E-state index in [1.54, 1.807) is 22.8 Å². The summed E-state index contributed by atoms with van der Waals surface area (Å²) in [6.07, 6.45) is 3.57. The Labute approximate surface area is 185 Å². The lowest BCUT2D eigenvalue weighted by Crippen LogP contribution is -2.26. The molecular formula is C20H19BrClFN4O3. The van der Waals surface area contributed by atoms with Crippen molar-refractivity contribution in [2.75, 3.05) is 18.5 Å². The Hall–Kier alpha value is -2.20. The van der Waals surface area contributed by atoms with Crippen LogP contribution in [-0.4, -0.2) is 33.8 Å². The highest BCUT2D eigenvalue weighted by Gasteiger charge is 2.25. The smallest absolute Gasteiger partial charge is 0.277 e. The van der Waals surface area contributed by atoms with E-state index in [0.29, 0.717) is 28.8 Å². The van der Waals surface area contributed by atoms with Gasteiger partial charge in [-0.2, -0.15) is 0 Å². The van der Waals surface area contributed by atoms with Gasteiger partial charge in [0.25, 0.3) is 5.91 Å². The van der Waals surface area contributed by atoms with Gasteiger partial charge in [0, 0.05) is 11.0 Å². The van der Waals surface area contributed by atoms with Crippen LogP contribution in [0.25, 0.3) is 11.0 Å². The minimum atomic E-state index is -0.699. The molecule has 4 rings (SSSR count). The summed E-state index contributed by atoms with van der Waals surface area (Å²) >= 11 is 9.59. The number of fused-ring (bicyclic) bond motifs is 1. The number of aliphatic hydroxyl groups is 1. The third-order valence-electron chi connectivity index (χ3n) is 4.81. The number of aliphatic hydroxyl groups excluding tert-OH is 1. The second-order valence-electron chi connectivity index (χ2n) is 7.08. The minimum Gasteiger partial charge on any atom is -0.395 e. The number of imidazole rings is 1. The van der Waals surface area contributed by atoms with Gasteiger partial charge in [-0.3, -0.25) is 9.63 Å². The Kier molecular flexibility index (Phi) is 6.24. The molecule has 158 valence electrons. The Morgan fingerprint density at radius 1 is 1.40 bits per heavy atom. The van der Waals surface area contributed by atoms with E-state index in [4.69, 9.17) is 16.4 Å². The van der Waals surface area contributed by atoms with E-state index in [1.165, 1.54) is 12.4 Å². The highest BCUT2D eigenvalue weighted by molar-refractivity contribution is 9.10. The second-order valence-corrected chi connectivity index (χ2v) is 8.40. The van der Waals surface area contributed by atoms with Crippen LogP contribution in [0, 0.1) is 11.7 Å². The molecule has 0 radical (unpaired) electrons. The Morgan fingerprint density at radius 3 is 2.90 bits per heavy atom. The second kappa shape index (κ2) is 8.89. The highest BCUT2D eigenvalue weighted by Crippen LogP contribution is 2.34. The molecule has 1 aromatic heterocycles. The number of rotatable bonds is 8. The lowest BCUT2D eigenvalue weighted by Gasteiger charge is -2.15. The summed E-state index contributed by atoms with van der Waals surface area (Å²) in [4.78, 5) is 22.2. The lowest BCUT2D eigenvalue weighted by molar-refractivity contribution is 0.0271. The molecule has 0 aliphatic heterocycles. The molecule has 0 bridgehead atoms. The van der Waals surface area contributed by atoms with Gasteiger partial charge in [-0.05, 0) is 43.0 Å². The van der Waals surface area contributed by atoms with E-state index in [2.05, 4.69) is 31.7 Å². The van der Waals surface area contributed by atoms with E-state index >= 15 is 4.39 Å². The molecule has 3 N–H and O–H groups in total. The predicted molar refractivity (Wildman–Crippen MR) is 115 cm³/mol. The molecule has 1 fully saturated rings. The van der Waals surface area contributed by atoms with Crippen LogP contribution in [0.15, 0.2) is 35.1 Å². The first-order valence-electron chi connectivity index (χ1n) is 9.40. The standard InChI is InChI=1S/C20H19BrClFN4O3/c21-12-3-4-15(14(22)7-12)25-18-13(20(29)26-30-9-11-1-2-11)8-16-19(17(18)23)24-10-27(16)5-6-28/h3-4,7-8,10-11,25,28H,1-2,5-6,9H2,(H,26,29). The number of amides is 1. The number of anilines is 2. The molecule has 0 saturated heterocycles. The largest absolute Gasteiger partial charge is 0.395 e. The van der Waals surface area contributed by atoms with Gasteiger partial charge in [0.05, 0.1) is 47.0 Å². The zero-order chi connectivity index (χ0) is 21.3. The number of aromatic nitrogens is 2. The zero-order valence-corrected chi connectivity index (χ0v) is 18.1. The fourth-order valence-corrected chi connectivity index (χ4v) is 3.76. The third kappa shape index (κ3) is 4.44. The van der Waals surface area contributed by atoms with Gasteiger partial charge < -0.3 is 15.0 Å². The van der Waals surface area contributed by atoms with E-state index in [1.807, 2.05) is 0 Å². The molecule has 10 heteroatoms. The molecule has 3 aromatic rings. The number of carbonyl (C=O) groups excluding carboxylic acids is 1. The van der Waals surface area contributed by atoms with Crippen LogP contribution in [0.5, 0.6) is 0 Å². The maximum atomic E-state index is 15.4. The zero-order valence-electron chi connectivity index (χ0n) is 15.8. The molecule has 1 aliphatic rings. The molecule has 2 aromatic carbocycles. The van der Waals surface area contributed by atoms with Gasteiger partial charge in [0.15, 0.2) is 5.82 Å². The molecule has 30 heavy (non-hydrogen) atoms. The van der Waals surface area contributed by atoms with E-state index in [-0.39, 0.29) is 29.9 Å². The number of nitrogens with zero attached hydrogens (tertiary/aromatic N) is 2. The summed E-state index contributed by atoms with van der Waals surface area (Å²) < 4.78 is 17.8. The number of halogens is 3. The number of nitrogens with one attached hydrogen (secondary N) is 2. The molecule has 1 saturated carbocycles. The van der Waals surface area contributed by atoms with Gasteiger partial charge in [-0.15, -0.1) is 0 Å². The quantitative estimate of drug-likeness (QED) is 0.402. The summed E-state index contributed by atoms with van der Waals surface area (Å²) in [5.74, 6) is -0.839. The summed E-state index contributed by atoms with van der Waals surface area (Å²) in [5.41, 5.74) is 3.27. The molecule has 0 spiro atoms. The Morgan fingerprint density at radius 2 is 2.20 bits per heavy atom. The van der Waals surface area contributed by atoms with Crippen LogP contribution in [0.2, 0.25) is 5.02 Å². The number of hydrogen-bond acceptors (Lipinski definition) is 5. The monoisotopic (exact) mass is 496 g/mol. The number of carbonyl (C=O) groups is 1.